The number of carbonyl (C=O) groups excluding carboxylic acids is 1. The fraction of sp³-hybridized carbons (Fsp3) is 0.217. The Morgan fingerprint density at radius 1 is 1.10 bits per heavy atom. The predicted octanol–water partition coefficient (Wildman–Crippen LogP) is 6.45. The highest BCUT2D eigenvalue weighted by molar-refractivity contribution is 9.10. The van der Waals surface area contributed by atoms with Crippen LogP contribution in [0.4, 0.5) is 0 Å². The molecular weight excluding hydrogens is 482 g/mol. The Bertz CT molecular complexity index is 1060. The predicted molar refractivity (Wildman–Crippen MR) is 130 cm³/mol. The first-order chi connectivity index (χ1) is 14.4. The number of aryl methyl sites for hydroxylation is 1. The minimum absolute atomic E-state index is 0.115. The molecule has 1 N–H and O–H groups in total. The maximum Gasteiger partial charge on any atom is 0.240 e. The van der Waals surface area contributed by atoms with Gasteiger partial charge in [0.25, 0.3) is 0 Å². The maximum atomic E-state index is 12.1. The number of hydrazone groups is 1. The molecule has 1 heterocycles. The van der Waals surface area contributed by atoms with E-state index in [9.17, 15) is 4.79 Å². The van der Waals surface area contributed by atoms with Gasteiger partial charge < -0.3 is 4.57 Å². The van der Waals surface area contributed by atoms with Crippen molar-refractivity contribution in [3.63, 3.8) is 0 Å². The molecule has 4 nitrogen and oxygen atoms in total. The summed E-state index contributed by atoms with van der Waals surface area (Å²) in [6.45, 7) is 6.17. The van der Waals surface area contributed by atoms with E-state index in [4.69, 9.17) is 11.6 Å². The fourth-order valence-corrected chi connectivity index (χ4v) is 4.62. The molecule has 0 fully saturated rings. The molecule has 0 saturated carbocycles. The van der Waals surface area contributed by atoms with Crippen LogP contribution in [0.5, 0.6) is 0 Å². The number of amides is 1. The number of hydrogen-bond donors (Lipinski definition) is 1. The van der Waals surface area contributed by atoms with Gasteiger partial charge in [0.15, 0.2) is 0 Å². The normalized spacial score (nSPS) is 11.2. The van der Waals surface area contributed by atoms with Crippen LogP contribution in [0.1, 0.15) is 28.9 Å². The maximum absolute atomic E-state index is 12.1. The molecule has 1 amide bonds. The lowest BCUT2D eigenvalue weighted by Gasteiger charge is -2.09. The number of halogens is 2. The van der Waals surface area contributed by atoms with Crippen LogP contribution < -0.4 is 5.43 Å². The summed E-state index contributed by atoms with van der Waals surface area (Å²) < 4.78 is 3.15. The Balaban J connectivity index is 1.60. The average Bonchev–Trinajstić information content (AvgIpc) is 2.93. The van der Waals surface area contributed by atoms with Crippen molar-refractivity contribution in [1.29, 1.82) is 0 Å². The van der Waals surface area contributed by atoms with Crippen molar-refractivity contribution in [2.75, 3.05) is 5.75 Å². The molecule has 0 atom stereocenters. The minimum atomic E-state index is -0.115. The van der Waals surface area contributed by atoms with Gasteiger partial charge in [-0.05, 0) is 73.1 Å². The second-order valence-electron chi connectivity index (χ2n) is 6.91. The van der Waals surface area contributed by atoms with Crippen molar-refractivity contribution in [2.45, 2.75) is 32.1 Å². The third-order valence-corrected chi connectivity index (χ3v) is 6.97. The molecule has 30 heavy (non-hydrogen) atoms. The fourth-order valence-electron chi connectivity index (χ4n) is 3.07. The van der Waals surface area contributed by atoms with Crippen molar-refractivity contribution < 1.29 is 4.79 Å². The van der Waals surface area contributed by atoms with Gasteiger partial charge in [0.1, 0.15) is 0 Å². The number of rotatable bonds is 7. The van der Waals surface area contributed by atoms with Crippen molar-refractivity contribution in [3.05, 3.63) is 80.5 Å². The third-order valence-electron chi connectivity index (χ3n) is 4.70. The summed E-state index contributed by atoms with van der Waals surface area (Å²) in [5, 5.41) is 4.88. The molecule has 3 rings (SSSR count). The van der Waals surface area contributed by atoms with Crippen molar-refractivity contribution in [1.82, 2.24) is 9.99 Å². The van der Waals surface area contributed by atoms with Crippen LogP contribution in [0.3, 0.4) is 0 Å². The number of thioether (sulfide) groups is 1. The zero-order valence-electron chi connectivity index (χ0n) is 17.1. The number of benzene rings is 2. The van der Waals surface area contributed by atoms with E-state index in [1.165, 1.54) is 5.56 Å². The second-order valence-corrected chi connectivity index (χ2v) is 9.31. The van der Waals surface area contributed by atoms with Gasteiger partial charge in [0, 0.05) is 49.2 Å². The highest BCUT2D eigenvalue weighted by Crippen LogP contribution is 2.29. The van der Waals surface area contributed by atoms with Crippen LogP contribution in [-0.4, -0.2) is 22.4 Å². The molecule has 0 radical (unpaired) electrons. The van der Waals surface area contributed by atoms with E-state index in [-0.39, 0.29) is 5.91 Å². The molecule has 0 aliphatic carbocycles. The van der Waals surface area contributed by atoms with Gasteiger partial charge in [-0.15, -0.1) is 11.8 Å². The Labute approximate surface area is 194 Å². The van der Waals surface area contributed by atoms with Gasteiger partial charge in [-0.3, -0.25) is 4.79 Å². The number of aromatic nitrogens is 1. The summed E-state index contributed by atoms with van der Waals surface area (Å²) >= 11 is 11.2. The molecule has 1 aromatic heterocycles. The first-order valence-electron chi connectivity index (χ1n) is 9.51. The van der Waals surface area contributed by atoms with E-state index in [1.807, 2.05) is 31.2 Å². The van der Waals surface area contributed by atoms with Crippen LogP contribution in [0.25, 0.3) is 5.69 Å². The van der Waals surface area contributed by atoms with Crippen LogP contribution in [-0.2, 0) is 4.79 Å². The summed E-state index contributed by atoms with van der Waals surface area (Å²) in [7, 11) is 0. The monoisotopic (exact) mass is 503 g/mol. The molecule has 156 valence electrons. The molecule has 0 spiro atoms. The van der Waals surface area contributed by atoms with Crippen LogP contribution in [0.2, 0.25) is 5.02 Å². The van der Waals surface area contributed by atoms with Gasteiger partial charge >= 0.3 is 0 Å². The van der Waals surface area contributed by atoms with Crippen molar-refractivity contribution in [2.24, 2.45) is 5.10 Å². The van der Waals surface area contributed by atoms with Crippen LogP contribution in [0, 0.1) is 20.8 Å². The number of nitrogens with one attached hydrogen (secondary N) is 1. The summed E-state index contributed by atoms with van der Waals surface area (Å²) in [5.41, 5.74) is 8.03. The lowest BCUT2D eigenvalue weighted by Crippen LogP contribution is -2.17. The van der Waals surface area contributed by atoms with Crippen LogP contribution >= 0.6 is 39.3 Å². The Morgan fingerprint density at radius 3 is 2.43 bits per heavy atom. The van der Waals surface area contributed by atoms with E-state index in [0.29, 0.717) is 17.2 Å². The van der Waals surface area contributed by atoms with E-state index >= 15 is 0 Å². The van der Waals surface area contributed by atoms with Crippen LogP contribution in [0.15, 0.2) is 63.0 Å². The number of carbonyl (C=O) groups is 1. The highest BCUT2D eigenvalue weighted by atomic mass is 79.9. The standard InChI is InChI=1S/C23H23BrClN3OS/c1-15-4-8-19(9-5-15)28-16(2)21(23(24)17(28)3)14-26-27-22(29)12-13-30-20-10-6-18(25)7-11-20/h4-11,14H,12-13H2,1-3H3,(H,27,29)/b26-14-. The molecule has 2 aromatic carbocycles. The largest absolute Gasteiger partial charge is 0.317 e. The lowest BCUT2D eigenvalue weighted by molar-refractivity contribution is -0.120. The quantitative estimate of drug-likeness (QED) is 0.228. The molecule has 7 heteroatoms. The molecule has 0 saturated heterocycles. The summed E-state index contributed by atoms with van der Waals surface area (Å²) in [6, 6.07) is 16.0. The molecule has 0 aliphatic heterocycles. The van der Waals surface area contributed by atoms with Crippen molar-refractivity contribution >= 4 is 51.4 Å². The zero-order chi connectivity index (χ0) is 21.7. The topological polar surface area (TPSA) is 46.4 Å². The second kappa shape index (κ2) is 10.3. The van der Waals surface area contributed by atoms with E-state index in [0.717, 1.165) is 32.0 Å². The molecule has 0 aliphatic rings. The van der Waals surface area contributed by atoms with E-state index in [1.54, 1.807) is 18.0 Å². The number of nitrogens with zero attached hydrogens (tertiary/aromatic N) is 2. The summed E-state index contributed by atoms with van der Waals surface area (Å²) in [6.07, 6.45) is 2.08. The van der Waals surface area contributed by atoms with E-state index in [2.05, 4.69) is 69.1 Å². The average molecular weight is 505 g/mol. The van der Waals surface area contributed by atoms with Gasteiger partial charge in [-0.1, -0.05) is 29.3 Å². The van der Waals surface area contributed by atoms with Gasteiger partial charge in [0.2, 0.25) is 5.91 Å². The van der Waals surface area contributed by atoms with Gasteiger partial charge in [0.05, 0.1) is 6.21 Å². The Morgan fingerprint density at radius 2 is 1.77 bits per heavy atom. The van der Waals surface area contributed by atoms with Crippen molar-refractivity contribution in [3.8, 4) is 5.69 Å². The number of hydrogen-bond acceptors (Lipinski definition) is 3. The van der Waals surface area contributed by atoms with E-state index < -0.39 is 0 Å². The first-order valence-corrected chi connectivity index (χ1v) is 11.7. The first kappa shape index (κ1) is 22.7. The smallest absolute Gasteiger partial charge is 0.240 e. The highest BCUT2D eigenvalue weighted by Gasteiger charge is 2.15. The molecular formula is C23H23BrClN3OS. The molecule has 0 bridgehead atoms. The molecule has 3 aromatic rings. The SMILES string of the molecule is Cc1ccc(-n2c(C)c(Br)c(/C=N\NC(=O)CCSc3ccc(Cl)cc3)c2C)cc1. The third kappa shape index (κ3) is 5.56. The summed E-state index contributed by atoms with van der Waals surface area (Å²) in [5.74, 6) is 0.561. The van der Waals surface area contributed by atoms with Gasteiger partial charge in [-0.2, -0.15) is 5.10 Å². The Kier molecular flexibility index (Phi) is 7.81. The minimum Gasteiger partial charge on any atom is -0.317 e. The summed E-state index contributed by atoms with van der Waals surface area (Å²) in [4.78, 5) is 13.2. The lowest BCUT2D eigenvalue weighted by atomic mass is 10.2. The van der Waals surface area contributed by atoms with Gasteiger partial charge in [-0.25, -0.2) is 5.43 Å². The molecule has 0 unspecified atom stereocenters. The Hall–Kier alpha value is -2.02. The zero-order valence-corrected chi connectivity index (χ0v) is 20.2.